The molecule has 2 aliphatic rings. The van der Waals surface area contributed by atoms with Gasteiger partial charge in [0, 0.05) is 41.8 Å². The monoisotopic (exact) mass is 433 g/mol. The number of carbonyl (C=O) groups excluding carboxylic acids is 2. The lowest BCUT2D eigenvalue weighted by atomic mass is 10.1. The van der Waals surface area contributed by atoms with Gasteiger partial charge in [-0.15, -0.1) is 0 Å². The molecule has 1 aliphatic heterocycles. The molecular weight excluding hydrogens is 410 g/mol. The fourth-order valence-electron chi connectivity index (χ4n) is 3.58. The van der Waals surface area contributed by atoms with Crippen molar-refractivity contribution in [3.05, 3.63) is 47.7 Å². The number of rotatable bonds is 8. The molecule has 2 fully saturated rings. The van der Waals surface area contributed by atoms with E-state index in [1.807, 2.05) is 30.3 Å². The number of nitrogens with zero attached hydrogens (tertiary/aromatic N) is 3. The highest BCUT2D eigenvalue weighted by Crippen LogP contribution is 2.30. The van der Waals surface area contributed by atoms with Crippen LogP contribution in [0, 0.1) is 0 Å². The predicted molar refractivity (Wildman–Crippen MR) is 118 cm³/mol. The molecule has 9 nitrogen and oxygen atoms in total. The number of hydrogen-bond acceptors (Lipinski definition) is 7. The van der Waals surface area contributed by atoms with Crippen LogP contribution in [0.1, 0.15) is 31.2 Å². The second kappa shape index (κ2) is 8.43. The molecule has 3 heterocycles. The van der Waals surface area contributed by atoms with Crippen LogP contribution in [-0.2, 0) is 9.59 Å². The second-order valence-corrected chi connectivity index (χ2v) is 7.96. The molecule has 1 saturated heterocycles. The summed E-state index contributed by atoms with van der Waals surface area (Å²) in [7, 11) is 0. The molecule has 5 rings (SSSR count). The Labute approximate surface area is 184 Å². The minimum absolute atomic E-state index is 0.0519. The highest BCUT2D eigenvalue weighted by atomic mass is 16.5. The van der Waals surface area contributed by atoms with Crippen molar-refractivity contribution >= 4 is 29.4 Å². The van der Waals surface area contributed by atoms with Crippen LogP contribution in [0.25, 0.3) is 23.0 Å². The first-order valence-electron chi connectivity index (χ1n) is 10.6. The average molecular weight is 433 g/mol. The van der Waals surface area contributed by atoms with Gasteiger partial charge in [-0.2, -0.15) is 9.61 Å². The fraction of sp³-hybridized carbons (Fsp3) is 0.304. The van der Waals surface area contributed by atoms with E-state index in [-0.39, 0.29) is 24.8 Å². The summed E-state index contributed by atoms with van der Waals surface area (Å²) in [6.07, 6.45) is 6.15. The van der Waals surface area contributed by atoms with E-state index in [0.717, 1.165) is 29.9 Å². The SMILES string of the molecule is O=C1C/C(=C\c2cnn3c(NC4CC4)cc(-c4cccc(OCCCO)c4)nc23)C(=O)N1. The van der Waals surface area contributed by atoms with Gasteiger partial charge in [0.25, 0.3) is 5.91 Å². The third-order valence-electron chi connectivity index (χ3n) is 5.35. The van der Waals surface area contributed by atoms with E-state index in [4.69, 9.17) is 14.8 Å². The molecule has 3 N–H and O–H groups in total. The molecule has 3 aromatic rings. The number of anilines is 1. The molecule has 0 unspecified atom stereocenters. The Balaban J connectivity index is 1.56. The van der Waals surface area contributed by atoms with Crippen LogP contribution in [0.2, 0.25) is 0 Å². The van der Waals surface area contributed by atoms with E-state index >= 15 is 0 Å². The Morgan fingerprint density at radius 3 is 2.91 bits per heavy atom. The molecule has 1 aromatic carbocycles. The van der Waals surface area contributed by atoms with Gasteiger partial charge in [-0.05, 0) is 31.1 Å². The third kappa shape index (κ3) is 4.19. The minimum atomic E-state index is -0.380. The Kier molecular flexibility index (Phi) is 5.32. The molecule has 0 radical (unpaired) electrons. The number of aromatic nitrogens is 3. The normalized spacial score (nSPS) is 17.2. The Morgan fingerprint density at radius 2 is 2.16 bits per heavy atom. The summed E-state index contributed by atoms with van der Waals surface area (Å²) in [6.45, 7) is 0.513. The molecule has 32 heavy (non-hydrogen) atoms. The second-order valence-electron chi connectivity index (χ2n) is 7.96. The number of fused-ring (bicyclic) bond motifs is 1. The summed E-state index contributed by atoms with van der Waals surface area (Å²) >= 11 is 0. The van der Waals surface area contributed by atoms with Crippen molar-refractivity contribution < 1.29 is 19.4 Å². The van der Waals surface area contributed by atoms with Crippen molar-refractivity contribution in [2.45, 2.75) is 31.7 Å². The van der Waals surface area contributed by atoms with Crippen molar-refractivity contribution in [1.82, 2.24) is 19.9 Å². The summed E-state index contributed by atoms with van der Waals surface area (Å²) in [5.41, 5.74) is 3.27. The van der Waals surface area contributed by atoms with Crippen molar-refractivity contribution in [3.8, 4) is 17.0 Å². The molecule has 0 spiro atoms. The third-order valence-corrected chi connectivity index (χ3v) is 5.35. The van der Waals surface area contributed by atoms with Gasteiger partial charge in [-0.3, -0.25) is 14.9 Å². The first kappa shape index (κ1) is 20.2. The van der Waals surface area contributed by atoms with Crippen molar-refractivity contribution in [2.24, 2.45) is 0 Å². The zero-order valence-corrected chi connectivity index (χ0v) is 17.4. The van der Waals surface area contributed by atoms with E-state index in [9.17, 15) is 9.59 Å². The number of benzene rings is 1. The van der Waals surface area contributed by atoms with Crippen LogP contribution in [0.5, 0.6) is 5.75 Å². The number of imide groups is 1. The molecule has 9 heteroatoms. The standard InChI is InChI=1S/C23H23N5O4/c29-7-2-8-32-18-4-1-3-14(10-18)19-12-20(25-17-5-6-17)28-22(26-19)16(13-24-28)9-15-11-21(30)27-23(15)31/h1,3-4,9-10,12-13,17,25,29H,2,5-8,11H2,(H,27,30,31)/b15-9+. The molecule has 0 atom stereocenters. The first-order chi connectivity index (χ1) is 15.6. The zero-order chi connectivity index (χ0) is 22.1. The van der Waals surface area contributed by atoms with Gasteiger partial charge in [0.15, 0.2) is 5.65 Å². The smallest absolute Gasteiger partial charge is 0.254 e. The fourth-order valence-corrected chi connectivity index (χ4v) is 3.58. The van der Waals surface area contributed by atoms with E-state index in [1.165, 1.54) is 0 Å². The molecule has 1 aliphatic carbocycles. The minimum Gasteiger partial charge on any atom is -0.493 e. The van der Waals surface area contributed by atoms with Crippen LogP contribution >= 0.6 is 0 Å². The van der Waals surface area contributed by atoms with E-state index < -0.39 is 0 Å². The number of nitrogens with one attached hydrogen (secondary N) is 2. The maximum atomic E-state index is 12.0. The molecule has 0 bridgehead atoms. The highest BCUT2D eigenvalue weighted by molar-refractivity contribution is 6.15. The lowest BCUT2D eigenvalue weighted by Gasteiger charge is -2.11. The Morgan fingerprint density at radius 1 is 1.28 bits per heavy atom. The van der Waals surface area contributed by atoms with Gasteiger partial charge in [-0.1, -0.05) is 12.1 Å². The largest absolute Gasteiger partial charge is 0.493 e. The summed E-state index contributed by atoms with van der Waals surface area (Å²) in [5, 5.41) is 19.2. The van der Waals surface area contributed by atoms with Crippen LogP contribution in [0.15, 0.2) is 42.1 Å². The molecular formula is C23H23N5O4. The zero-order valence-electron chi connectivity index (χ0n) is 17.4. The number of hydrogen-bond donors (Lipinski definition) is 3. The van der Waals surface area contributed by atoms with Crippen LogP contribution in [0.3, 0.4) is 0 Å². The van der Waals surface area contributed by atoms with E-state index in [1.54, 1.807) is 16.8 Å². The maximum absolute atomic E-state index is 12.0. The van der Waals surface area contributed by atoms with Crippen molar-refractivity contribution in [3.63, 3.8) is 0 Å². The summed E-state index contributed by atoms with van der Waals surface area (Å²) in [6, 6.07) is 9.99. The van der Waals surface area contributed by atoms with Gasteiger partial charge in [-0.25, -0.2) is 4.98 Å². The van der Waals surface area contributed by atoms with Gasteiger partial charge in [0.05, 0.1) is 24.9 Å². The Hall–Kier alpha value is -3.72. The number of aliphatic hydroxyl groups excluding tert-OH is 1. The number of carbonyl (C=O) groups is 2. The van der Waals surface area contributed by atoms with Crippen LogP contribution in [-0.4, -0.2) is 50.8 Å². The van der Waals surface area contributed by atoms with Crippen molar-refractivity contribution in [2.75, 3.05) is 18.5 Å². The number of ether oxygens (including phenoxy) is 1. The summed E-state index contributed by atoms with van der Waals surface area (Å²) in [5.74, 6) is 0.831. The van der Waals surface area contributed by atoms with Crippen molar-refractivity contribution in [1.29, 1.82) is 0 Å². The molecule has 1 saturated carbocycles. The first-order valence-corrected chi connectivity index (χ1v) is 10.6. The van der Waals surface area contributed by atoms with E-state index in [2.05, 4.69) is 15.7 Å². The maximum Gasteiger partial charge on any atom is 0.254 e. The van der Waals surface area contributed by atoms with Gasteiger partial charge >= 0.3 is 0 Å². The van der Waals surface area contributed by atoms with Crippen LogP contribution in [0.4, 0.5) is 5.82 Å². The van der Waals surface area contributed by atoms with Gasteiger partial charge < -0.3 is 15.2 Å². The summed E-state index contributed by atoms with van der Waals surface area (Å²) < 4.78 is 7.44. The summed E-state index contributed by atoms with van der Waals surface area (Å²) in [4.78, 5) is 28.4. The predicted octanol–water partition coefficient (Wildman–Crippen LogP) is 2.16. The average Bonchev–Trinajstić information content (AvgIpc) is 3.42. The quantitative estimate of drug-likeness (QED) is 0.283. The molecule has 2 amide bonds. The van der Waals surface area contributed by atoms with Crippen LogP contribution < -0.4 is 15.4 Å². The number of amides is 2. The number of aliphatic hydroxyl groups is 1. The topological polar surface area (TPSA) is 118 Å². The molecule has 2 aromatic heterocycles. The van der Waals surface area contributed by atoms with Gasteiger partial charge in [0.1, 0.15) is 11.6 Å². The Bertz CT molecular complexity index is 1230. The molecule has 164 valence electrons. The highest BCUT2D eigenvalue weighted by Gasteiger charge is 2.26. The lowest BCUT2D eigenvalue weighted by molar-refractivity contribution is -0.124. The van der Waals surface area contributed by atoms with Gasteiger partial charge in [0.2, 0.25) is 5.91 Å². The lowest BCUT2D eigenvalue weighted by Crippen LogP contribution is -2.19. The van der Waals surface area contributed by atoms with E-state index in [0.29, 0.717) is 41.6 Å².